The molecule has 0 nitrogen and oxygen atoms in total. The fraction of sp³-hybridized carbons (Fsp3) is 0. The van der Waals surface area contributed by atoms with Crippen molar-refractivity contribution < 1.29 is 32.7 Å². The zero-order chi connectivity index (χ0) is 0. The number of hydrogen-bond acceptors (Lipinski definition) is 0. The second-order valence-electron chi connectivity index (χ2n) is 0. The van der Waals surface area contributed by atoms with Gasteiger partial charge >= 0.3 is 179 Å². The van der Waals surface area contributed by atoms with E-state index in [-0.39, 0.29) is 229 Å². The van der Waals surface area contributed by atoms with Gasteiger partial charge in [0.25, 0.3) is 0 Å². The zero-order valence-electron chi connectivity index (χ0n) is 1.08. The molecule has 0 aromatic rings. The van der Waals surface area contributed by atoms with Crippen molar-refractivity contribution in [3.63, 3.8) is 0 Å². The van der Waals surface area contributed by atoms with Crippen LogP contribution in [-0.2, 0) is 32.7 Å². The van der Waals surface area contributed by atoms with Gasteiger partial charge in [-0.3, -0.25) is 0 Å². The van der Waals surface area contributed by atoms with Gasteiger partial charge in [-0.2, -0.15) is 0 Å². The molecule has 1 radical (unpaired) electrons. The molecule has 0 heterocycles. The van der Waals surface area contributed by atoms with E-state index >= 15 is 0 Å². The minimum absolute atomic E-state index is 0. The zero-order valence-corrected chi connectivity index (χ0v) is 6.77. The van der Waals surface area contributed by atoms with E-state index in [1.807, 2.05) is 0 Å². The first-order valence-electron chi connectivity index (χ1n) is 0. The Bertz CT molecular complexity index is 19.7. The molecule has 0 aliphatic heterocycles. The molecule has 33 valence electrons. The van der Waals surface area contributed by atoms with E-state index in [4.69, 9.17) is 0 Å². The molecule has 0 aromatic heterocycles. The molecule has 0 aliphatic carbocycles. The van der Waals surface area contributed by atoms with Gasteiger partial charge in [0.05, 0.1) is 0 Å². The third-order valence-corrected chi connectivity index (χ3v) is 0. The van der Waals surface area contributed by atoms with Gasteiger partial charge in [-0.15, -0.1) is 0 Å². The summed E-state index contributed by atoms with van der Waals surface area (Å²) >= 11 is 0. The second kappa shape index (κ2) is 37.5. The van der Waals surface area contributed by atoms with Gasteiger partial charge in [0.1, 0.15) is 0 Å². The van der Waals surface area contributed by atoms with Gasteiger partial charge in [-0.1, -0.05) is 0 Å². The Morgan fingerprint density at radius 1 is 1.00 bits per heavy atom. The van der Waals surface area contributed by atoms with Gasteiger partial charge in [0, 0.05) is 32.7 Å². The Labute approximate surface area is 221 Å². The minimum atomic E-state index is 0. The summed E-state index contributed by atoms with van der Waals surface area (Å²) in [4.78, 5) is 0. The van der Waals surface area contributed by atoms with Gasteiger partial charge in [0.15, 0.2) is 17.4 Å². The van der Waals surface area contributed by atoms with E-state index in [9.17, 15) is 0 Å². The Balaban J connectivity index is 0. The van der Waals surface area contributed by atoms with Crippen LogP contribution in [0.3, 0.4) is 0 Å². The normalized spacial score (nSPS) is 0. The standard InChI is InChI=1S/Al.Ba.Ca.Mg.Sr.H2Te.Y.11H/h;;;;;1H2;;;;;;;;;;;;. The third kappa shape index (κ3) is 31.7. The average Bonchev–Trinajstić information content (AvgIpc) is 0. The van der Waals surface area contributed by atoms with E-state index in [0.717, 1.165) is 0 Å². The van der Waals surface area contributed by atoms with E-state index in [1.54, 1.807) is 0 Å². The van der Waals surface area contributed by atoms with Crippen LogP contribution in [0.15, 0.2) is 0 Å². The topological polar surface area (TPSA) is 0 Å². The SMILES string of the molecule is [AlH3].[BaH2].[CaH2].[MgH2].[SrH2].[TeH2].[Y]. The predicted octanol–water partition coefficient (Wildman–Crippen LogP) is -5.77. The Kier molecular flexibility index (Phi) is 252. The molecule has 0 fully saturated rings. The monoisotopic (exact) mass is 549 g/mol. The molecular weight excluding hydrogens is 533 g/mol. The first-order valence-corrected chi connectivity index (χ1v) is 0. The molecule has 0 saturated carbocycles. The van der Waals surface area contributed by atoms with Crippen LogP contribution in [0, 0.1) is 0 Å². The van der Waals surface area contributed by atoms with Crippen molar-refractivity contribution >= 4 is 196 Å². The van der Waals surface area contributed by atoms with E-state index in [0.29, 0.717) is 0 Å². The van der Waals surface area contributed by atoms with E-state index in [1.165, 1.54) is 0 Å². The first kappa shape index (κ1) is 47.0. The van der Waals surface area contributed by atoms with Gasteiger partial charge in [-0.05, 0) is 0 Å². The molecule has 0 saturated heterocycles. The van der Waals surface area contributed by atoms with Crippen LogP contribution in [0.4, 0.5) is 0 Å². The number of rotatable bonds is 0. The molecule has 0 amide bonds. The summed E-state index contributed by atoms with van der Waals surface area (Å²) in [7, 11) is 0. The van der Waals surface area contributed by atoms with Crippen LogP contribution < -0.4 is 0 Å². The first-order chi connectivity index (χ1) is 0. The molecule has 7 heteroatoms. The Hall–Kier alpha value is 7.50. The van der Waals surface area contributed by atoms with E-state index < -0.39 is 0 Å². The average molecular weight is 546 g/mol. The van der Waals surface area contributed by atoms with Crippen molar-refractivity contribution in [3.05, 3.63) is 0 Å². The van der Waals surface area contributed by atoms with Crippen LogP contribution in [0.5, 0.6) is 0 Å². The quantitative estimate of drug-likeness (QED) is 0.266. The Morgan fingerprint density at radius 2 is 1.00 bits per heavy atom. The van der Waals surface area contributed by atoms with Crippen LogP contribution in [-0.4, -0.2) is 196 Å². The molecule has 0 unspecified atom stereocenters. The van der Waals surface area contributed by atoms with Crippen molar-refractivity contribution in [3.8, 4) is 0 Å². The molecule has 0 rings (SSSR count). The molecule has 0 aliphatic rings. The maximum atomic E-state index is 0. The number of hydrogen-bond donors (Lipinski definition) is 0. The molecule has 0 bridgehead atoms. The van der Waals surface area contributed by atoms with Crippen LogP contribution in [0.2, 0.25) is 0 Å². The summed E-state index contributed by atoms with van der Waals surface area (Å²) < 4.78 is 0. The summed E-state index contributed by atoms with van der Waals surface area (Å²) in [6.45, 7) is 0. The third-order valence-electron chi connectivity index (χ3n) is 0. The second-order valence-corrected chi connectivity index (χ2v) is 0. The van der Waals surface area contributed by atoms with Crippen molar-refractivity contribution in [1.29, 1.82) is 0 Å². The molecule has 0 spiro atoms. The smallest absolute Gasteiger partial charge is 0 e. The van der Waals surface area contributed by atoms with Crippen LogP contribution in [0.1, 0.15) is 0 Å². The Morgan fingerprint density at radius 3 is 1.00 bits per heavy atom. The molecule has 0 N–H and O–H groups in total. The summed E-state index contributed by atoms with van der Waals surface area (Å²) in [5.74, 6) is 0. The van der Waals surface area contributed by atoms with Crippen molar-refractivity contribution in [1.82, 2.24) is 0 Å². The molecular formula is H13AlBaCaMgSrTeY. The summed E-state index contributed by atoms with van der Waals surface area (Å²) in [6, 6.07) is 0. The van der Waals surface area contributed by atoms with Crippen molar-refractivity contribution in [2.75, 3.05) is 0 Å². The largest absolute Gasteiger partial charge is 0 e. The summed E-state index contributed by atoms with van der Waals surface area (Å²) in [5.41, 5.74) is 0. The van der Waals surface area contributed by atoms with Crippen molar-refractivity contribution in [2.45, 2.75) is 0 Å². The molecule has 7 heavy (non-hydrogen) atoms. The summed E-state index contributed by atoms with van der Waals surface area (Å²) in [6.07, 6.45) is 0. The van der Waals surface area contributed by atoms with Gasteiger partial charge in [-0.25, -0.2) is 0 Å². The van der Waals surface area contributed by atoms with Gasteiger partial charge < -0.3 is 0 Å². The van der Waals surface area contributed by atoms with Crippen molar-refractivity contribution in [2.24, 2.45) is 0 Å². The van der Waals surface area contributed by atoms with E-state index in [2.05, 4.69) is 0 Å². The van der Waals surface area contributed by atoms with Crippen LogP contribution in [0.25, 0.3) is 0 Å². The summed E-state index contributed by atoms with van der Waals surface area (Å²) in [5, 5.41) is 0. The maximum absolute atomic E-state index is 0. The predicted molar refractivity (Wildman–Crippen MR) is 52.7 cm³/mol. The van der Waals surface area contributed by atoms with Crippen LogP contribution >= 0.6 is 0 Å². The van der Waals surface area contributed by atoms with Gasteiger partial charge in [0.2, 0.25) is 0 Å². The molecule has 0 atom stereocenters. The molecule has 0 aromatic carbocycles. The fourth-order valence-electron chi connectivity index (χ4n) is 0. The fourth-order valence-corrected chi connectivity index (χ4v) is 0. The maximum Gasteiger partial charge on any atom is 0 e. The minimum Gasteiger partial charge on any atom is 0 e.